The Labute approximate surface area is 125 Å². The van der Waals surface area contributed by atoms with Crippen LogP contribution in [-0.2, 0) is 6.54 Å². The van der Waals surface area contributed by atoms with Gasteiger partial charge in [-0.25, -0.2) is 4.98 Å². The Hall–Kier alpha value is -1.59. The third-order valence-corrected chi connectivity index (χ3v) is 4.86. The van der Waals surface area contributed by atoms with Gasteiger partial charge in [-0.2, -0.15) is 0 Å². The molecule has 1 aromatic carbocycles. The van der Waals surface area contributed by atoms with Crippen LogP contribution in [0.5, 0.6) is 0 Å². The lowest BCUT2D eigenvalue weighted by atomic mass is 9.75. The van der Waals surface area contributed by atoms with E-state index in [1.807, 2.05) is 18.2 Å². The second-order valence-corrected chi connectivity index (χ2v) is 6.45. The minimum Gasteiger partial charge on any atom is -0.399 e. The van der Waals surface area contributed by atoms with Crippen molar-refractivity contribution >= 4 is 16.7 Å². The first kappa shape index (κ1) is 14.4. The minimum absolute atomic E-state index is 0.179. The molecule has 1 atom stereocenters. The van der Waals surface area contributed by atoms with Crippen molar-refractivity contribution in [1.29, 1.82) is 0 Å². The van der Waals surface area contributed by atoms with Crippen molar-refractivity contribution in [3.63, 3.8) is 0 Å². The summed E-state index contributed by atoms with van der Waals surface area (Å²) in [5.74, 6) is 0.726. The molecule has 3 N–H and O–H groups in total. The monoisotopic (exact) mass is 288 g/mol. The zero-order valence-electron chi connectivity index (χ0n) is 13.0. The van der Waals surface area contributed by atoms with Gasteiger partial charge in [0, 0.05) is 17.8 Å². The van der Waals surface area contributed by atoms with Crippen LogP contribution in [0.1, 0.15) is 38.1 Å². The summed E-state index contributed by atoms with van der Waals surface area (Å²) in [5, 5.41) is 10.1. The van der Waals surface area contributed by atoms with Crippen molar-refractivity contribution in [2.24, 2.45) is 0 Å². The molecule has 0 bridgehead atoms. The van der Waals surface area contributed by atoms with E-state index in [1.165, 1.54) is 19.3 Å². The molecule has 0 amide bonds. The molecule has 0 radical (unpaired) electrons. The molecule has 0 saturated heterocycles. The zero-order chi connectivity index (χ0) is 15.2. The van der Waals surface area contributed by atoms with Crippen LogP contribution in [0.2, 0.25) is 0 Å². The predicted octanol–water partition coefficient (Wildman–Crippen LogP) is 2.16. The van der Waals surface area contributed by atoms with Crippen LogP contribution < -0.4 is 5.73 Å². The standard InChI is InChI=1S/C16H24N4O/c1-11(21)15-18-13-9-12(17)5-6-14(13)20(15)10-16(19(2)3)7-4-8-16/h5-6,9,11,21H,4,7-8,10,17H2,1-3H3. The van der Waals surface area contributed by atoms with Crippen molar-refractivity contribution in [1.82, 2.24) is 14.5 Å². The van der Waals surface area contributed by atoms with Crippen molar-refractivity contribution in [2.45, 2.75) is 44.4 Å². The van der Waals surface area contributed by atoms with Gasteiger partial charge in [-0.05, 0) is 58.5 Å². The fourth-order valence-electron chi connectivity index (χ4n) is 3.28. The Morgan fingerprint density at radius 2 is 2.14 bits per heavy atom. The first-order valence-electron chi connectivity index (χ1n) is 7.54. The van der Waals surface area contributed by atoms with Gasteiger partial charge >= 0.3 is 0 Å². The molecule has 1 unspecified atom stereocenters. The lowest BCUT2D eigenvalue weighted by Gasteiger charge is -2.48. The van der Waals surface area contributed by atoms with Gasteiger partial charge in [-0.3, -0.25) is 0 Å². The molecule has 0 aliphatic heterocycles. The number of aromatic nitrogens is 2. The van der Waals surface area contributed by atoms with Gasteiger partial charge < -0.3 is 20.3 Å². The Morgan fingerprint density at radius 3 is 2.67 bits per heavy atom. The number of aliphatic hydroxyl groups is 1. The Morgan fingerprint density at radius 1 is 1.43 bits per heavy atom. The molecule has 1 fully saturated rings. The molecule has 2 aromatic rings. The molecule has 114 valence electrons. The van der Waals surface area contributed by atoms with Crippen LogP contribution in [0.25, 0.3) is 11.0 Å². The van der Waals surface area contributed by atoms with Crippen molar-refractivity contribution in [3.05, 3.63) is 24.0 Å². The zero-order valence-corrected chi connectivity index (χ0v) is 13.0. The number of nitrogens with zero attached hydrogens (tertiary/aromatic N) is 3. The third-order valence-electron chi connectivity index (χ3n) is 4.86. The second-order valence-electron chi connectivity index (χ2n) is 6.45. The highest BCUT2D eigenvalue weighted by atomic mass is 16.3. The maximum atomic E-state index is 10.1. The van der Waals surface area contributed by atoms with Crippen molar-refractivity contribution in [3.8, 4) is 0 Å². The highest BCUT2D eigenvalue weighted by Crippen LogP contribution is 2.39. The Balaban J connectivity index is 2.09. The van der Waals surface area contributed by atoms with Gasteiger partial charge in [-0.1, -0.05) is 0 Å². The van der Waals surface area contributed by atoms with Gasteiger partial charge in [0.25, 0.3) is 0 Å². The lowest BCUT2D eigenvalue weighted by molar-refractivity contribution is 0.0404. The average molecular weight is 288 g/mol. The Bertz CT molecular complexity index is 656. The summed E-state index contributed by atoms with van der Waals surface area (Å²) < 4.78 is 2.17. The Kier molecular flexibility index (Phi) is 3.42. The van der Waals surface area contributed by atoms with E-state index >= 15 is 0 Å². The number of aliphatic hydroxyl groups excluding tert-OH is 1. The molecule has 0 spiro atoms. The second kappa shape index (κ2) is 5.00. The summed E-state index contributed by atoms with van der Waals surface area (Å²) in [6.07, 6.45) is 3.06. The summed E-state index contributed by atoms with van der Waals surface area (Å²) in [5.41, 5.74) is 8.64. The van der Waals surface area contributed by atoms with Gasteiger partial charge in [-0.15, -0.1) is 0 Å². The molecule has 1 aromatic heterocycles. The summed E-state index contributed by atoms with van der Waals surface area (Å²) in [6, 6.07) is 5.78. The van der Waals surface area contributed by atoms with Crippen LogP contribution in [0.4, 0.5) is 5.69 Å². The maximum absolute atomic E-state index is 10.1. The van der Waals surface area contributed by atoms with Crippen molar-refractivity contribution in [2.75, 3.05) is 19.8 Å². The molecule has 3 rings (SSSR count). The van der Waals surface area contributed by atoms with Gasteiger partial charge in [0.2, 0.25) is 0 Å². The first-order valence-corrected chi connectivity index (χ1v) is 7.54. The van der Waals surface area contributed by atoms with Gasteiger partial charge in [0.15, 0.2) is 0 Å². The number of nitrogen functional groups attached to an aromatic ring is 1. The largest absolute Gasteiger partial charge is 0.399 e. The molecular weight excluding hydrogens is 264 g/mol. The van der Waals surface area contributed by atoms with E-state index in [9.17, 15) is 5.11 Å². The number of hydrogen-bond donors (Lipinski definition) is 2. The quantitative estimate of drug-likeness (QED) is 0.846. The smallest absolute Gasteiger partial charge is 0.138 e. The number of nitrogens with two attached hydrogens (primary N) is 1. The molecule has 1 heterocycles. The van der Waals surface area contributed by atoms with Crippen LogP contribution in [0.15, 0.2) is 18.2 Å². The maximum Gasteiger partial charge on any atom is 0.138 e. The fraction of sp³-hybridized carbons (Fsp3) is 0.562. The van der Waals surface area contributed by atoms with Crippen LogP contribution in [-0.4, -0.2) is 39.2 Å². The van der Waals surface area contributed by atoms with Crippen molar-refractivity contribution < 1.29 is 5.11 Å². The van der Waals surface area contributed by atoms with E-state index in [0.29, 0.717) is 5.69 Å². The molecule has 1 aliphatic carbocycles. The number of hydrogen-bond acceptors (Lipinski definition) is 4. The highest BCUT2D eigenvalue weighted by molar-refractivity contribution is 5.79. The molecular formula is C16H24N4O. The number of anilines is 1. The summed E-state index contributed by atoms with van der Waals surface area (Å²) in [6.45, 7) is 2.63. The lowest BCUT2D eigenvalue weighted by Crippen LogP contribution is -2.53. The number of likely N-dealkylation sites (N-methyl/N-ethyl adjacent to an activating group) is 1. The normalized spacial score (nSPS) is 18.9. The summed E-state index contributed by atoms with van der Waals surface area (Å²) >= 11 is 0. The number of imidazole rings is 1. The van der Waals surface area contributed by atoms with Crippen LogP contribution in [0.3, 0.4) is 0 Å². The predicted molar refractivity (Wildman–Crippen MR) is 85.0 cm³/mol. The van der Waals surface area contributed by atoms with E-state index in [1.54, 1.807) is 6.92 Å². The van der Waals surface area contributed by atoms with Crippen LogP contribution >= 0.6 is 0 Å². The first-order chi connectivity index (χ1) is 9.93. The van der Waals surface area contributed by atoms with Crippen LogP contribution in [0, 0.1) is 0 Å². The molecule has 5 heteroatoms. The van der Waals surface area contributed by atoms with E-state index in [-0.39, 0.29) is 5.54 Å². The van der Waals surface area contributed by atoms with Gasteiger partial charge in [0.05, 0.1) is 11.0 Å². The number of benzene rings is 1. The minimum atomic E-state index is -0.585. The van der Waals surface area contributed by atoms with E-state index in [2.05, 4.69) is 28.5 Å². The van der Waals surface area contributed by atoms with E-state index < -0.39 is 6.10 Å². The number of fused-ring (bicyclic) bond motifs is 1. The SMILES string of the molecule is CC(O)c1nc2cc(N)ccc2n1CC1(N(C)C)CCC1. The highest BCUT2D eigenvalue weighted by Gasteiger charge is 2.40. The average Bonchev–Trinajstić information content (AvgIpc) is 2.71. The van der Waals surface area contributed by atoms with Gasteiger partial charge in [0.1, 0.15) is 11.9 Å². The summed E-state index contributed by atoms with van der Waals surface area (Å²) in [7, 11) is 4.27. The molecule has 5 nitrogen and oxygen atoms in total. The third kappa shape index (κ3) is 2.30. The van der Waals surface area contributed by atoms with E-state index in [0.717, 1.165) is 23.4 Å². The van der Waals surface area contributed by atoms with E-state index in [4.69, 9.17) is 5.73 Å². The number of rotatable bonds is 4. The summed E-state index contributed by atoms with van der Waals surface area (Å²) in [4.78, 5) is 6.90. The molecule has 21 heavy (non-hydrogen) atoms. The fourth-order valence-corrected chi connectivity index (χ4v) is 3.28. The molecule has 1 saturated carbocycles. The molecule has 1 aliphatic rings. The topological polar surface area (TPSA) is 67.3 Å².